The molecule has 3 aromatic rings. The quantitative estimate of drug-likeness (QED) is 0.447. The molecule has 1 N–H and O–H groups in total. The zero-order valence-corrected chi connectivity index (χ0v) is 19.4. The molecule has 0 spiro atoms. The average molecular weight is 467 g/mol. The summed E-state index contributed by atoms with van der Waals surface area (Å²) in [6.07, 6.45) is 1.00. The molecule has 0 heterocycles. The highest BCUT2D eigenvalue weighted by Crippen LogP contribution is 2.19. The lowest BCUT2D eigenvalue weighted by Gasteiger charge is -2.31. The minimum absolute atomic E-state index is 0.132. The molecule has 0 aliphatic rings. The first kappa shape index (κ1) is 24.5. The van der Waals surface area contributed by atoms with Crippen molar-refractivity contribution in [2.24, 2.45) is 0 Å². The number of hydrogen-bond donors (Lipinski definition) is 1. The van der Waals surface area contributed by atoms with E-state index < -0.39 is 11.9 Å². The first-order chi connectivity index (χ1) is 16.0. The zero-order valence-electron chi connectivity index (χ0n) is 18.6. The maximum atomic E-state index is 14.3. The Labute approximate surface area is 199 Å². The molecule has 33 heavy (non-hydrogen) atoms. The van der Waals surface area contributed by atoms with Crippen LogP contribution >= 0.6 is 11.6 Å². The predicted octanol–water partition coefficient (Wildman–Crippen LogP) is 5.19. The van der Waals surface area contributed by atoms with Gasteiger partial charge in [-0.25, -0.2) is 4.39 Å². The van der Waals surface area contributed by atoms with Crippen LogP contribution in [0.2, 0.25) is 5.02 Å². The molecule has 0 saturated carbocycles. The molecular formula is C27H28ClFN2O2. The summed E-state index contributed by atoms with van der Waals surface area (Å²) in [6, 6.07) is 22.2. The standard InChI is InChI=1S/C27H28ClFN2O2/c1-2-16-30-27(33)25(17-20-8-4-3-5-9-20)31(19-21-12-14-23(28)15-13-21)26(32)18-22-10-6-7-11-24(22)29/h3-15,25H,2,16-19H2,1H3,(H,30,33). The molecular weight excluding hydrogens is 439 g/mol. The second-order valence-corrected chi connectivity index (χ2v) is 8.35. The minimum atomic E-state index is -0.742. The van der Waals surface area contributed by atoms with Gasteiger partial charge in [-0.1, -0.05) is 79.2 Å². The fourth-order valence-corrected chi connectivity index (χ4v) is 3.74. The Morgan fingerprint density at radius 3 is 2.27 bits per heavy atom. The van der Waals surface area contributed by atoms with Crippen molar-refractivity contribution >= 4 is 23.4 Å². The third-order valence-electron chi connectivity index (χ3n) is 5.39. The van der Waals surface area contributed by atoms with E-state index in [0.717, 1.165) is 17.5 Å². The molecule has 0 radical (unpaired) electrons. The van der Waals surface area contributed by atoms with E-state index in [1.807, 2.05) is 49.4 Å². The topological polar surface area (TPSA) is 49.4 Å². The molecule has 2 amide bonds. The first-order valence-corrected chi connectivity index (χ1v) is 11.4. The smallest absolute Gasteiger partial charge is 0.243 e. The zero-order chi connectivity index (χ0) is 23.6. The van der Waals surface area contributed by atoms with E-state index in [1.165, 1.54) is 6.07 Å². The Morgan fingerprint density at radius 2 is 1.61 bits per heavy atom. The summed E-state index contributed by atoms with van der Waals surface area (Å²) in [7, 11) is 0. The van der Waals surface area contributed by atoms with Crippen LogP contribution < -0.4 is 5.32 Å². The van der Waals surface area contributed by atoms with E-state index in [4.69, 9.17) is 11.6 Å². The largest absolute Gasteiger partial charge is 0.354 e. The number of rotatable bonds is 10. The fraction of sp³-hybridized carbons (Fsp3) is 0.259. The molecule has 0 saturated heterocycles. The average Bonchev–Trinajstić information content (AvgIpc) is 2.83. The van der Waals surface area contributed by atoms with Gasteiger partial charge in [0, 0.05) is 24.5 Å². The van der Waals surface area contributed by atoms with Gasteiger partial charge in [-0.2, -0.15) is 0 Å². The molecule has 172 valence electrons. The number of halogens is 2. The predicted molar refractivity (Wildman–Crippen MR) is 129 cm³/mol. The Bertz CT molecular complexity index is 1060. The Hall–Kier alpha value is -3.18. The van der Waals surface area contributed by atoms with E-state index in [1.54, 1.807) is 35.2 Å². The van der Waals surface area contributed by atoms with Crippen LogP contribution in [0.15, 0.2) is 78.9 Å². The maximum absolute atomic E-state index is 14.3. The van der Waals surface area contributed by atoms with Crippen LogP contribution in [-0.2, 0) is 29.0 Å². The van der Waals surface area contributed by atoms with E-state index in [0.29, 0.717) is 23.6 Å². The second-order valence-electron chi connectivity index (χ2n) is 7.91. The lowest BCUT2D eigenvalue weighted by molar-refractivity contribution is -0.140. The molecule has 0 fully saturated rings. The Kier molecular flexibility index (Phi) is 9.02. The molecule has 0 bridgehead atoms. The van der Waals surface area contributed by atoms with E-state index in [-0.39, 0.29) is 24.8 Å². The number of nitrogens with one attached hydrogen (secondary N) is 1. The van der Waals surface area contributed by atoms with Crippen molar-refractivity contribution < 1.29 is 14.0 Å². The number of nitrogens with zero attached hydrogens (tertiary/aromatic N) is 1. The summed E-state index contributed by atoms with van der Waals surface area (Å²) in [5.74, 6) is -0.980. The van der Waals surface area contributed by atoms with Crippen molar-refractivity contribution in [1.82, 2.24) is 10.2 Å². The van der Waals surface area contributed by atoms with Crippen molar-refractivity contribution in [1.29, 1.82) is 0 Å². The summed E-state index contributed by atoms with van der Waals surface area (Å²) in [4.78, 5) is 28.3. The highest BCUT2D eigenvalue weighted by atomic mass is 35.5. The van der Waals surface area contributed by atoms with Crippen LogP contribution in [0.1, 0.15) is 30.0 Å². The number of carbonyl (C=O) groups excluding carboxylic acids is 2. The van der Waals surface area contributed by atoms with Crippen LogP contribution in [0.5, 0.6) is 0 Å². The van der Waals surface area contributed by atoms with Crippen LogP contribution in [0.25, 0.3) is 0 Å². The van der Waals surface area contributed by atoms with Crippen molar-refractivity contribution in [3.05, 3.63) is 106 Å². The molecule has 0 aliphatic heterocycles. The highest BCUT2D eigenvalue weighted by Gasteiger charge is 2.30. The maximum Gasteiger partial charge on any atom is 0.243 e. The molecule has 1 unspecified atom stereocenters. The van der Waals surface area contributed by atoms with Gasteiger partial charge in [0.2, 0.25) is 11.8 Å². The third kappa shape index (κ3) is 7.16. The van der Waals surface area contributed by atoms with Gasteiger partial charge in [0.15, 0.2) is 0 Å². The van der Waals surface area contributed by atoms with Crippen molar-refractivity contribution in [3.63, 3.8) is 0 Å². The van der Waals surface area contributed by atoms with Gasteiger partial charge < -0.3 is 10.2 Å². The Morgan fingerprint density at radius 1 is 0.939 bits per heavy atom. The number of hydrogen-bond acceptors (Lipinski definition) is 2. The molecule has 1 atom stereocenters. The van der Waals surface area contributed by atoms with Gasteiger partial charge >= 0.3 is 0 Å². The third-order valence-corrected chi connectivity index (χ3v) is 5.64. The fourth-order valence-electron chi connectivity index (χ4n) is 3.61. The summed E-state index contributed by atoms with van der Waals surface area (Å²) in [6.45, 7) is 2.70. The SMILES string of the molecule is CCCNC(=O)C(Cc1ccccc1)N(Cc1ccc(Cl)cc1)C(=O)Cc1ccccc1F. The van der Waals surface area contributed by atoms with Crippen molar-refractivity contribution in [2.75, 3.05) is 6.54 Å². The molecule has 4 nitrogen and oxygen atoms in total. The molecule has 0 aliphatic carbocycles. The van der Waals surface area contributed by atoms with E-state index >= 15 is 0 Å². The number of amides is 2. The van der Waals surface area contributed by atoms with E-state index in [2.05, 4.69) is 5.32 Å². The normalized spacial score (nSPS) is 11.6. The number of benzene rings is 3. The molecule has 6 heteroatoms. The highest BCUT2D eigenvalue weighted by molar-refractivity contribution is 6.30. The van der Waals surface area contributed by atoms with Crippen molar-refractivity contribution in [3.8, 4) is 0 Å². The van der Waals surface area contributed by atoms with Crippen LogP contribution in [0.3, 0.4) is 0 Å². The summed E-state index contributed by atoms with van der Waals surface area (Å²) in [5.41, 5.74) is 2.08. The van der Waals surface area contributed by atoms with Crippen LogP contribution in [0.4, 0.5) is 4.39 Å². The van der Waals surface area contributed by atoms with Gasteiger partial charge in [0.25, 0.3) is 0 Å². The van der Waals surface area contributed by atoms with Gasteiger partial charge in [-0.3, -0.25) is 9.59 Å². The van der Waals surface area contributed by atoms with Gasteiger partial charge in [-0.05, 0) is 41.3 Å². The van der Waals surface area contributed by atoms with Gasteiger partial charge in [-0.15, -0.1) is 0 Å². The summed E-state index contributed by atoms with van der Waals surface area (Å²) >= 11 is 6.03. The van der Waals surface area contributed by atoms with Crippen molar-refractivity contribution in [2.45, 2.75) is 38.8 Å². The second kappa shape index (κ2) is 12.2. The van der Waals surface area contributed by atoms with Crippen LogP contribution in [-0.4, -0.2) is 29.3 Å². The summed E-state index contributed by atoms with van der Waals surface area (Å²) in [5, 5.41) is 3.52. The molecule has 0 aromatic heterocycles. The Balaban J connectivity index is 1.95. The van der Waals surface area contributed by atoms with E-state index in [9.17, 15) is 14.0 Å². The minimum Gasteiger partial charge on any atom is -0.354 e. The van der Waals surface area contributed by atoms with Gasteiger partial charge in [0.05, 0.1) is 6.42 Å². The lowest BCUT2D eigenvalue weighted by atomic mass is 10.0. The summed E-state index contributed by atoms with van der Waals surface area (Å²) < 4.78 is 14.3. The van der Waals surface area contributed by atoms with Crippen LogP contribution in [0, 0.1) is 5.82 Å². The lowest BCUT2D eigenvalue weighted by Crippen LogP contribution is -2.51. The molecule has 3 aromatic carbocycles. The van der Waals surface area contributed by atoms with Gasteiger partial charge in [0.1, 0.15) is 11.9 Å². The monoisotopic (exact) mass is 466 g/mol. The number of carbonyl (C=O) groups is 2. The first-order valence-electron chi connectivity index (χ1n) is 11.1. The molecule has 3 rings (SSSR count).